The fourth-order valence-corrected chi connectivity index (χ4v) is 6.12. The maximum atomic E-state index is 15.0. The number of fused-ring (bicyclic) bond motifs is 1. The monoisotopic (exact) mass is 610 g/mol. The van der Waals surface area contributed by atoms with Gasteiger partial charge in [0.25, 0.3) is 0 Å². The van der Waals surface area contributed by atoms with E-state index >= 15 is 0 Å². The Kier molecular flexibility index (Phi) is 8.34. The van der Waals surface area contributed by atoms with Gasteiger partial charge in [-0.15, -0.1) is 11.8 Å². The first-order valence-corrected chi connectivity index (χ1v) is 15.0. The van der Waals surface area contributed by atoms with Crippen molar-refractivity contribution in [3.05, 3.63) is 82.0 Å². The fraction of sp³-hybridized carbons (Fsp3) is 0.300. The summed E-state index contributed by atoms with van der Waals surface area (Å²) in [5, 5.41) is 0.411. The summed E-state index contributed by atoms with van der Waals surface area (Å²) in [4.78, 5) is 44.4. The number of thioether (sulfide) groups is 1. The lowest BCUT2D eigenvalue weighted by atomic mass is 10.1. The van der Waals surface area contributed by atoms with Gasteiger partial charge < -0.3 is 9.80 Å². The summed E-state index contributed by atoms with van der Waals surface area (Å²) in [6, 6.07) is 6.63. The van der Waals surface area contributed by atoms with Crippen LogP contribution < -0.4 is 10.6 Å². The summed E-state index contributed by atoms with van der Waals surface area (Å²) < 4.78 is 31.3. The van der Waals surface area contributed by atoms with E-state index in [1.54, 1.807) is 23.2 Å². The first kappa shape index (κ1) is 29.7. The van der Waals surface area contributed by atoms with Crippen LogP contribution in [0.25, 0.3) is 28.0 Å². The van der Waals surface area contributed by atoms with Gasteiger partial charge in [-0.25, -0.2) is 23.1 Å². The number of rotatable bonds is 6. The van der Waals surface area contributed by atoms with Crippen LogP contribution in [0.5, 0.6) is 0 Å². The molecule has 0 aliphatic carbocycles. The molecule has 1 aliphatic heterocycles. The van der Waals surface area contributed by atoms with E-state index in [4.69, 9.17) is 11.6 Å². The molecule has 0 saturated carbocycles. The smallest absolute Gasteiger partial charge is 0.350 e. The number of hydrogen-bond donors (Lipinski definition) is 0. The Morgan fingerprint density at radius 3 is 2.52 bits per heavy atom. The molecule has 3 aromatic heterocycles. The highest BCUT2D eigenvalue weighted by Crippen LogP contribution is 2.38. The third kappa shape index (κ3) is 5.15. The van der Waals surface area contributed by atoms with Crippen molar-refractivity contribution in [2.45, 2.75) is 37.6 Å². The molecule has 8 nitrogen and oxygen atoms in total. The molecule has 12 heteroatoms. The Balaban J connectivity index is 1.85. The summed E-state index contributed by atoms with van der Waals surface area (Å²) in [6.45, 7) is 10.6. The molecule has 1 aliphatic rings. The number of piperazine rings is 1. The van der Waals surface area contributed by atoms with Crippen molar-refractivity contribution >= 4 is 46.1 Å². The van der Waals surface area contributed by atoms with Crippen molar-refractivity contribution in [1.29, 1.82) is 0 Å². The van der Waals surface area contributed by atoms with Gasteiger partial charge in [0.1, 0.15) is 17.5 Å². The van der Waals surface area contributed by atoms with Crippen LogP contribution in [0.3, 0.4) is 0 Å². The molecule has 218 valence electrons. The van der Waals surface area contributed by atoms with Gasteiger partial charge in [-0.05, 0) is 49.4 Å². The van der Waals surface area contributed by atoms with Crippen molar-refractivity contribution in [3.63, 3.8) is 0 Å². The van der Waals surface area contributed by atoms with Crippen molar-refractivity contribution < 1.29 is 13.6 Å². The molecular formula is C30H29ClF2N6O2S. The number of anilines is 1. The molecule has 42 heavy (non-hydrogen) atoms. The Morgan fingerprint density at radius 2 is 1.90 bits per heavy atom. The number of benzene rings is 1. The van der Waals surface area contributed by atoms with Crippen LogP contribution in [0.4, 0.5) is 14.6 Å². The Bertz CT molecular complexity index is 1760. The van der Waals surface area contributed by atoms with Gasteiger partial charge in [0, 0.05) is 36.8 Å². The zero-order chi connectivity index (χ0) is 30.3. The van der Waals surface area contributed by atoms with Crippen LogP contribution in [-0.4, -0.2) is 62.3 Å². The van der Waals surface area contributed by atoms with Crippen LogP contribution in [-0.2, 0) is 4.79 Å². The standard InChI is InChI=1S/C30H29ClF2N6O2S/c1-6-23(40)37-12-13-38(17(4)15-37)28-18-14-19(31)26(24-20(32)8-7-9-21(24)33)35-29(18)39(30(41)36-28)27-22(42-5)10-11-34-25(27)16(2)3/h6-11,14,16-17H,1,12-13,15H2,2-5H3/t17-/m0/s1. The number of carbonyl (C=O) groups is 1. The van der Waals surface area contributed by atoms with Gasteiger partial charge in [0.05, 0.1) is 33.0 Å². The molecule has 1 fully saturated rings. The van der Waals surface area contributed by atoms with Crippen molar-refractivity contribution in [1.82, 2.24) is 24.4 Å². The topological polar surface area (TPSA) is 84.2 Å². The fourth-order valence-electron chi connectivity index (χ4n) is 5.29. The Morgan fingerprint density at radius 1 is 1.19 bits per heavy atom. The van der Waals surface area contributed by atoms with Gasteiger partial charge in [-0.1, -0.05) is 38.1 Å². The van der Waals surface area contributed by atoms with E-state index < -0.39 is 22.9 Å². The molecule has 0 N–H and O–H groups in total. The summed E-state index contributed by atoms with van der Waals surface area (Å²) >= 11 is 8.11. The van der Waals surface area contributed by atoms with E-state index in [0.717, 1.165) is 17.0 Å². The second-order valence-corrected chi connectivity index (χ2v) is 11.5. The van der Waals surface area contributed by atoms with Crippen molar-refractivity contribution in [3.8, 4) is 16.9 Å². The molecule has 1 amide bonds. The molecular weight excluding hydrogens is 582 g/mol. The number of pyridine rings is 2. The zero-order valence-corrected chi connectivity index (χ0v) is 25.1. The first-order chi connectivity index (χ1) is 20.1. The van der Waals surface area contributed by atoms with Crippen LogP contribution in [0.2, 0.25) is 5.02 Å². The van der Waals surface area contributed by atoms with E-state index in [0.29, 0.717) is 42.2 Å². The molecule has 1 aromatic carbocycles. The van der Waals surface area contributed by atoms with E-state index in [-0.39, 0.29) is 34.2 Å². The Hall–Kier alpha value is -3.83. The maximum absolute atomic E-state index is 15.0. The van der Waals surface area contributed by atoms with Gasteiger partial charge in [-0.2, -0.15) is 4.98 Å². The van der Waals surface area contributed by atoms with Gasteiger partial charge >= 0.3 is 5.69 Å². The summed E-state index contributed by atoms with van der Waals surface area (Å²) in [5.74, 6) is -1.60. The molecule has 5 rings (SSSR count). The minimum atomic E-state index is -0.836. The zero-order valence-electron chi connectivity index (χ0n) is 23.6. The van der Waals surface area contributed by atoms with Crippen LogP contribution in [0.15, 0.2) is 58.9 Å². The predicted octanol–water partition coefficient (Wildman–Crippen LogP) is 5.84. The lowest BCUT2D eigenvalue weighted by Gasteiger charge is -2.40. The number of carbonyl (C=O) groups excluding carboxylic acids is 1. The highest BCUT2D eigenvalue weighted by atomic mass is 35.5. The van der Waals surface area contributed by atoms with Crippen LogP contribution >= 0.6 is 23.4 Å². The number of halogens is 3. The average molecular weight is 611 g/mol. The minimum absolute atomic E-state index is 0.00627. The van der Waals surface area contributed by atoms with Crippen LogP contribution in [0.1, 0.15) is 32.4 Å². The van der Waals surface area contributed by atoms with E-state index in [2.05, 4.69) is 21.5 Å². The van der Waals surface area contributed by atoms with Crippen molar-refractivity contribution in [2.75, 3.05) is 30.8 Å². The Labute approximate surface area is 251 Å². The number of nitrogens with zero attached hydrogens (tertiary/aromatic N) is 6. The highest BCUT2D eigenvalue weighted by molar-refractivity contribution is 7.98. The molecule has 1 saturated heterocycles. The molecule has 4 heterocycles. The van der Waals surface area contributed by atoms with E-state index in [1.807, 2.05) is 31.9 Å². The number of aromatic nitrogens is 4. The molecule has 0 radical (unpaired) electrons. The number of amides is 1. The largest absolute Gasteiger partial charge is 0.355 e. The molecule has 0 bridgehead atoms. The van der Waals surface area contributed by atoms with E-state index in [1.165, 1.54) is 28.5 Å². The SMILES string of the molecule is C=CC(=O)N1CCN(c2nc(=O)n(-c3c(SC)ccnc3C(C)C)c3nc(-c4c(F)cccc4F)c(Cl)cc23)[C@@H](C)C1. The van der Waals surface area contributed by atoms with Gasteiger partial charge in [0.2, 0.25) is 5.91 Å². The predicted molar refractivity (Wildman–Crippen MR) is 163 cm³/mol. The molecule has 0 unspecified atom stereocenters. The highest BCUT2D eigenvalue weighted by Gasteiger charge is 2.31. The third-order valence-electron chi connectivity index (χ3n) is 7.29. The number of hydrogen-bond acceptors (Lipinski definition) is 7. The maximum Gasteiger partial charge on any atom is 0.355 e. The van der Waals surface area contributed by atoms with Gasteiger partial charge in [-0.3, -0.25) is 9.78 Å². The minimum Gasteiger partial charge on any atom is -0.350 e. The van der Waals surface area contributed by atoms with Crippen molar-refractivity contribution in [2.24, 2.45) is 0 Å². The second-order valence-electron chi connectivity index (χ2n) is 10.3. The summed E-state index contributed by atoms with van der Waals surface area (Å²) in [7, 11) is 0. The summed E-state index contributed by atoms with van der Waals surface area (Å²) in [6.07, 6.45) is 4.83. The second kappa shape index (κ2) is 11.8. The molecule has 4 aromatic rings. The van der Waals surface area contributed by atoms with Gasteiger partial charge in [0.15, 0.2) is 5.65 Å². The average Bonchev–Trinajstić information content (AvgIpc) is 2.96. The normalized spacial score (nSPS) is 15.5. The van der Waals surface area contributed by atoms with E-state index in [9.17, 15) is 18.4 Å². The van der Waals surface area contributed by atoms with Crippen LogP contribution in [0, 0.1) is 11.6 Å². The quantitative estimate of drug-likeness (QED) is 0.200. The first-order valence-electron chi connectivity index (χ1n) is 13.4. The lowest BCUT2D eigenvalue weighted by Crippen LogP contribution is -2.54. The third-order valence-corrected chi connectivity index (χ3v) is 8.35. The molecule has 0 spiro atoms. The lowest BCUT2D eigenvalue weighted by molar-refractivity contribution is -0.126. The summed E-state index contributed by atoms with van der Waals surface area (Å²) in [5.41, 5.74) is 0.105. The molecule has 1 atom stereocenters.